The van der Waals surface area contributed by atoms with Crippen molar-refractivity contribution >= 4 is 23.0 Å². The van der Waals surface area contributed by atoms with Crippen LogP contribution in [0.1, 0.15) is 25.8 Å². The average Bonchev–Trinajstić information content (AvgIpc) is 2.37. The van der Waals surface area contributed by atoms with Gasteiger partial charge in [0.2, 0.25) is 0 Å². The molecule has 1 atom stereocenters. The zero-order valence-electron chi connectivity index (χ0n) is 10.4. The lowest BCUT2D eigenvalue weighted by atomic mass is 10.1. The third-order valence-corrected chi connectivity index (χ3v) is 2.89. The number of aryl methyl sites for hydroxylation is 1. The van der Waals surface area contributed by atoms with Crippen LogP contribution in [0.5, 0.6) is 0 Å². The van der Waals surface area contributed by atoms with Gasteiger partial charge in [-0.1, -0.05) is 26.0 Å². The van der Waals surface area contributed by atoms with E-state index in [0.717, 1.165) is 18.5 Å². The van der Waals surface area contributed by atoms with Gasteiger partial charge in [0.25, 0.3) is 0 Å². The fourth-order valence-electron chi connectivity index (χ4n) is 1.45. The topological polar surface area (TPSA) is 44.3 Å². The Morgan fingerprint density at radius 2 is 1.94 bits per heavy atom. The number of nitrogens with one attached hydrogen (secondary N) is 2. The molecule has 0 saturated carbocycles. The molecule has 0 amide bonds. The molecule has 0 saturated heterocycles. The van der Waals surface area contributed by atoms with Gasteiger partial charge in [0.05, 0.1) is 12.6 Å². The lowest BCUT2D eigenvalue weighted by Crippen LogP contribution is -2.39. The van der Waals surface area contributed by atoms with Crippen molar-refractivity contribution in [3.8, 4) is 0 Å². The van der Waals surface area contributed by atoms with Gasteiger partial charge in [0.1, 0.15) is 0 Å². The monoisotopic (exact) mass is 252 g/mol. The van der Waals surface area contributed by atoms with Crippen molar-refractivity contribution in [3.63, 3.8) is 0 Å². The maximum Gasteiger partial charge on any atom is 0.171 e. The first-order valence-electron chi connectivity index (χ1n) is 5.96. The summed E-state index contributed by atoms with van der Waals surface area (Å²) in [6, 6.07) is 8.19. The Kier molecular flexibility index (Phi) is 5.94. The Hall–Kier alpha value is -1.13. The smallest absolute Gasteiger partial charge is 0.171 e. The highest BCUT2D eigenvalue weighted by molar-refractivity contribution is 7.80. The molecule has 0 heterocycles. The quantitative estimate of drug-likeness (QED) is 0.704. The summed E-state index contributed by atoms with van der Waals surface area (Å²) in [4.78, 5) is 0. The lowest BCUT2D eigenvalue weighted by Gasteiger charge is -2.17. The second-order valence-electron chi connectivity index (χ2n) is 3.94. The van der Waals surface area contributed by atoms with Crippen LogP contribution in [0, 0.1) is 0 Å². The molecule has 94 valence electrons. The first-order valence-corrected chi connectivity index (χ1v) is 6.37. The minimum absolute atomic E-state index is 0.0184. The average molecular weight is 252 g/mol. The molecule has 0 radical (unpaired) electrons. The predicted molar refractivity (Wildman–Crippen MR) is 76.3 cm³/mol. The molecule has 0 spiro atoms. The molecular formula is C13H20N2OS. The molecule has 0 fully saturated rings. The Labute approximate surface area is 108 Å². The molecule has 0 bridgehead atoms. The maximum atomic E-state index is 9.06. The number of aliphatic hydroxyl groups excluding tert-OH is 1. The van der Waals surface area contributed by atoms with Crippen molar-refractivity contribution in [2.75, 3.05) is 11.9 Å². The van der Waals surface area contributed by atoms with Gasteiger partial charge in [-0.05, 0) is 42.8 Å². The van der Waals surface area contributed by atoms with E-state index in [9.17, 15) is 0 Å². The van der Waals surface area contributed by atoms with Crippen molar-refractivity contribution < 1.29 is 5.11 Å². The number of hydrogen-bond donors (Lipinski definition) is 3. The van der Waals surface area contributed by atoms with Crippen LogP contribution < -0.4 is 10.6 Å². The van der Waals surface area contributed by atoms with E-state index < -0.39 is 0 Å². The van der Waals surface area contributed by atoms with Crippen molar-refractivity contribution in [1.29, 1.82) is 0 Å². The highest BCUT2D eigenvalue weighted by Gasteiger charge is 2.05. The van der Waals surface area contributed by atoms with Gasteiger partial charge >= 0.3 is 0 Å². The third-order valence-electron chi connectivity index (χ3n) is 2.67. The number of anilines is 1. The number of thiocarbonyl (C=S) groups is 1. The van der Waals surface area contributed by atoms with E-state index in [2.05, 4.69) is 29.7 Å². The van der Waals surface area contributed by atoms with Crippen LogP contribution in [-0.4, -0.2) is 22.9 Å². The molecular weight excluding hydrogens is 232 g/mol. The van der Waals surface area contributed by atoms with E-state index in [4.69, 9.17) is 17.3 Å². The van der Waals surface area contributed by atoms with E-state index in [1.54, 1.807) is 0 Å². The number of rotatable bonds is 5. The van der Waals surface area contributed by atoms with Gasteiger partial charge in [-0.3, -0.25) is 0 Å². The molecule has 3 nitrogen and oxygen atoms in total. The molecule has 1 aromatic rings. The van der Waals surface area contributed by atoms with E-state index in [0.29, 0.717) is 5.11 Å². The molecule has 1 rings (SSSR count). The van der Waals surface area contributed by atoms with Crippen LogP contribution >= 0.6 is 12.2 Å². The highest BCUT2D eigenvalue weighted by atomic mass is 32.1. The van der Waals surface area contributed by atoms with E-state index in [1.807, 2.05) is 19.1 Å². The standard InChI is InChI=1S/C13H20N2OS/c1-3-10-5-7-12(8-6-10)15-13(17)14-11(4-2)9-16/h5-8,11,16H,3-4,9H2,1-2H3,(H2,14,15,17)/t11-/m1/s1. The fraction of sp³-hybridized carbons (Fsp3) is 0.462. The minimum Gasteiger partial charge on any atom is -0.394 e. The third kappa shape index (κ3) is 4.71. The van der Waals surface area contributed by atoms with Crippen LogP contribution in [-0.2, 0) is 6.42 Å². The molecule has 1 aromatic carbocycles. The van der Waals surface area contributed by atoms with Gasteiger partial charge in [0.15, 0.2) is 5.11 Å². The summed E-state index contributed by atoms with van der Waals surface area (Å²) in [7, 11) is 0. The normalized spacial score (nSPS) is 11.9. The lowest BCUT2D eigenvalue weighted by molar-refractivity contribution is 0.253. The second kappa shape index (κ2) is 7.25. The molecule has 0 aliphatic rings. The molecule has 17 heavy (non-hydrogen) atoms. The zero-order chi connectivity index (χ0) is 12.7. The summed E-state index contributed by atoms with van der Waals surface area (Å²) in [6.07, 6.45) is 1.87. The fourth-order valence-corrected chi connectivity index (χ4v) is 1.74. The minimum atomic E-state index is 0.0184. The van der Waals surface area contributed by atoms with E-state index >= 15 is 0 Å². The summed E-state index contributed by atoms with van der Waals surface area (Å²) in [5.41, 5.74) is 2.27. The SMILES string of the molecule is CCc1ccc(NC(=S)N[C@H](CC)CO)cc1. The number of benzene rings is 1. The van der Waals surface area contributed by atoms with E-state index in [1.165, 1.54) is 5.56 Å². The van der Waals surface area contributed by atoms with E-state index in [-0.39, 0.29) is 12.6 Å². The summed E-state index contributed by atoms with van der Waals surface area (Å²) >= 11 is 5.17. The summed E-state index contributed by atoms with van der Waals surface area (Å²) in [5.74, 6) is 0. The number of hydrogen-bond acceptors (Lipinski definition) is 2. The van der Waals surface area contributed by atoms with Crippen molar-refractivity contribution in [2.45, 2.75) is 32.7 Å². The molecule has 0 aliphatic heterocycles. The van der Waals surface area contributed by atoms with Crippen LogP contribution in [0.3, 0.4) is 0 Å². The van der Waals surface area contributed by atoms with Gasteiger partial charge in [-0.25, -0.2) is 0 Å². The molecule has 0 aromatic heterocycles. The van der Waals surface area contributed by atoms with Crippen LogP contribution in [0.25, 0.3) is 0 Å². The van der Waals surface area contributed by atoms with Gasteiger partial charge in [-0.2, -0.15) is 0 Å². The van der Waals surface area contributed by atoms with Crippen molar-refractivity contribution in [1.82, 2.24) is 5.32 Å². The second-order valence-corrected chi connectivity index (χ2v) is 4.34. The first kappa shape index (κ1) is 13.9. The molecule has 4 heteroatoms. The van der Waals surface area contributed by atoms with Crippen LogP contribution in [0.2, 0.25) is 0 Å². The zero-order valence-corrected chi connectivity index (χ0v) is 11.2. The summed E-state index contributed by atoms with van der Waals surface area (Å²) in [5, 5.41) is 15.8. The van der Waals surface area contributed by atoms with Gasteiger partial charge in [0, 0.05) is 5.69 Å². The van der Waals surface area contributed by atoms with Crippen molar-refractivity contribution in [3.05, 3.63) is 29.8 Å². The molecule has 0 aliphatic carbocycles. The molecule has 3 N–H and O–H groups in total. The number of aliphatic hydroxyl groups is 1. The Morgan fingerprint density at radius 3 is 2.41 bits per heavy atom. The Balaban J connectivity index is 2.49. The van der Waals surface area contributed by atoms with Crippen LogP contribution in [0.4, 0.5) is 5.69 Å². The Morgan fingerprint density at radius 1 is 1.29 bits per heavy atom. The highest BCUT2D eigenvalue weighted by Crippen LogP contribution is 2.09. The van der Waals surface area contributed by atoms with Gasteiger partial charge in [-0.15, -0.1) is 0 Å². The summed E-state index contributed by atoms with van der Waals surface area (Å²) in [6.45, 7) is 4.22. The largest absolute Gasteiger partial charge is 0.394 e. The maximum absolute atomic E-state index is 9.06. The Bertz CT molecular complexity index is 347. The first-order chi connectivity index (χ1) is 8.19. The van der Waals surface area contributed by atoms with Crippen molar-refractivity contribution in [2.24, 2.45) is 0 Å². The summed E-state index contributed by atoms with van der Waals surface area (Å²) < 4.78 is 0. The predicted octanol–water partition coefficient (Wildman–Crippen LogP) is 2.31. The van der Waals surface area contributed by atoms with Crippen LogP contribution in [0.15, 0.2) is 24.3 Å². The molecule has 0 unspecified atom stereocenters. The van der Waals surface area contributed by atoms with Gasteiger partial charge < -0.3 is 15.7 Å².